The topological polar surface area (TPSA) is 92.0 Å². The Balaban J connectivity index is 1.89. The van der Waals surface area contributed by atoms with Gasteiger partial charge in [-0.2, -0.15) is 0 Å². The van der Waals surface area contributed by atoms with Gasteiger partial charge in [-0.3, -0.25) is 9.59 Å². The first kappa shape index (κ1) is 14.9. The van der Waals surface area contributed by atoms with Crippen LogP contribution in [0.3, 0.4) is 0 Å². The van der Waals surface area contributed by atoms with Crippen LogP contribution in [0, 0.1) is 5.92 Å². The first-order valence-electron chi connectivity index (χ1n) is 7.81. The van der Waals surface area contributed by atoms with E-state index in [1.807, 2.05) is 4.90 Å². The van der Waals surface area contributed by atoms with Crippen LogP contribution in [-0.2, 0) is 14.3 Å². The maximum atomic E-state index is 13.1. The lowest BCUT2D eigenvalue weighted by molar-refractivity contribution is -0.137. The zero-order valence-electron chi connectivity index (χ0n) is 13.7. The Morgan fingerprint density at radius 3 is 2.65 bits per heavy atom. The smallest absolute Gasteiger partial charge is 0.208 e. The first-order chi connectivity index (χ1) is 10.9. The van der Waals surface area contributed by atoms with E-state index in [4.69, 9.17) is 4.74 Å². The number of nitrogens with one attached hydrogen (secondary N) is 1. The summed E-state index contributed by atoms with van der Waals surface area (Å²) in [5.41, 5.74) is 0.849. The predicted molar refractivity (Wildman–Crippen MR) is 81.2 cm³/mol. The molecule has 23 heavy (non-hydrogen) atoms. The molecule has 7 nitrogen and oxygen atoms in total. The number of Topliss-reactive ketones (excluding diaryl/α,β-unsaturated/α-hetero) is 2. The van der Waals surface area contributed by atoms with Gasteiger partial charge in [0.05, 0.1) is 30.0 Å². The maximum Gasteiger partial charge on any atom is 0.208 e. The fourth-order valence-corrected chi connectivity index (χ4v) is 4.67. The molecule has 0 radical (unpaired) electrons. The fourth-order valence-electron chi connectivity index (χ4n) is 4.67. The minimum Gasteiger partial charge on any atom is -0.396 e. The van der Waals surface area contributed by atoms with Crippen molar-refractivity contribution in [3.05, 3.63) is 22.5 Å². The van der Waals surface area contributed by atoms with E-state index in [0.29, 0.717) is 29.1 Å². The Kier molecular flexibility index (Phi) is 2.87. The lowest BCUT2D eigenvalue weighted by Crippen LogP contribution is -2.54. The number of rotatable bonds is 3. The Hall–Kier alpha value is -1.70. The normalized spacial score (nSPS) is 38.1. The summed E-state index contributed by atoms with van der Waals surface area (Å²) in [5.74, 6) is -0.835. The van der Waals surface area contributed by atoms with Crippen LogP contribution >= 0.6 is 0 Å². The molecular formula is C16H21N3O4. The molecule has 0 spiro atoms. The number of aliphatic hydroxyl groups excluding tert-OH is 1. The number of carbonyl (C=O) groups is 2. The molecule has 4 unspecified atom stereocenters. The Labute approximate surface area is 134 Å². The number of carbonyl (C=O) groups excluding carboxylic acids is 2. The number of fused-ring (bicyclic) bond motifs is 4. The first-order valence-corrected chi connectivity index (χ1v) is 7.81. The molecule has 0 bridgehead atoms. The van der Waals surface area contributed by atoms with Crippen LogP contribution in [-0.4, -0.2) is 78.6 Å². The van der Waals surface area contributed by atoms with Gasteiger partial charge in [-0.15, -0.1) is 0 Å². The number of likely N-dealkylation sites (N-methyl/N-ethyl adjacent to an activating group) is 1. The van der Waals surface area contributed by atoms with Crippen LogP contribution < -0.4 is 5.32 Å². The highest BCUT2D eigenvalue weighted by atomic mass is 16.5. The summed E-state index contributed by atoms with van der Waals surface area (Å²) in [4.78, 5) is 29.6. The molecule has 1 aliphatic carbocycles. The Bertz CT molecular complexity index is 695. The largest absolute Gasteiger partial charge is 0.396 e. The number of hydrogen-bond acceptors (Lipinski definition) is 7. The highest BCUT2D eigenvalue weighted by Crippen LogP contribution is 2.55. The van der Waals surface area contributed by atoms with Crippen molar-refractivity contribution < 1.29 is 19.4 Å². The maximum absolute atomic E-state index is 13.1. The van der Waals surface area contributed by atoms with Gasteiger partial charge in [0.2, 0.25) is 11.6 Å². The van der Waals surface area contributed by atoms with Gasteiger partial charge >= 0.3 is 0 Å². The lowest BCUT2D eigenvalue weighted by Gasteiger charge is -2.39. The number of methoxy groups -OCH3 is 1. The van der Waals surface area contributed by atoms with Crippen LogP contribution in [0.1, 0.15) is 6.92 Å². The van der Waals surface area contributed by atoms with Crippen molar-refractivity contribution in [2.75, 3.05) is 34.4 Å². The van der Waals surface area contributed by atoms with E-state index in [1.54, 1.807) is 33.0 Å². The number of aliphatic hydroxyl groups is 1. The van der Waals surface area contributed by atoms with Gasteiger partial charge in [-0.05, 0) is 6.92 Å². The molecule has 0 aromatic heterocycles. The third kappa shape index (κ3) is 1.50. The van der Waals surface area contributed by atoms with Gasteiger partial charge < -0.3 is 25.0 Å². The Morgan fingerprint density at radius 2 is 2.09 bits per heavy atom. The molecule has 7 heteroatoms. The summed E-state index contributed by atoms with van der Waals surface area (Å²) < 4.78 is 5.82. The van der Waals surface area contributed by atoms with E-state index in [9.17, 15) is 14.7 Å². The predicted octanol–water partition coefficient (Wildman–Crippen LogP) is -1.15. The monoisotopic (exact) mass is 319 g/mol. The van der Waals surface area contributed by atoms with Crippen molar-refractivity contribution in [2.24, 2.45) is 5.92 Å². The molecule has 3 heterocycles. The Morgan fingerprint density at radius 1 is 1.39 bits per heavy atom. The molecule has 0 saturated carbocycles. The van der Waals surface area contributed by atoms with Crippen LogP contribution in [0.15, 0.2) is 22.5 Å². The van der Waals surface area contributed by atoms with Crippen molar-refractivity contribution in [1.82, 2.24) is 15.1 Å². The molecule has 3 aliphatic heterocycles. The van der Waals surface area contributed by atoms with Gasteiger partial charge in [0.1, 0.15) is 0 Å². The highest BCUT2D eigenvalue weighted by molar-refractivity contribution is 6.25. The third-order valence-electron chi connectivity index (χ3n) is 5.63. The molecule has 4 aliphatic rings. The van der Waals surface area contributed by atoms with E-state index in [1.165, 1.54) is 0 Å². The highest BCUT2D eigenvalue weighted by Gasteiger charge is 2.72. The second-order valence-electron chi connectivity index (χ2n) is 6.84. The third-order valence-corrected chi connectivity index (χ3v) is 5.63. The lowest BCUT2D eigenvalue weighted by atomic mass is 9.82. The standard InChI is InChI=1S/C16H21N3O4/c1-7-11(18(2)3)14(22)10-8(6-20)16(23-4)15-9(17-15)5-19(16)12(10)13(7)21/h8-9,15,17,20H,5-6H2,1-4H3. The van der Waals surface area contributed by atoms with E-state index in [-0.39, 0.29) is 30.3 Å². The summed E-state index contributed by atoms with van der Waals surface area (Å²) in [5, 5.41) is 13.3. The second kappa shape index (κ2) is 4.43. The minimum absolute atomic E-state index is 0.0407. The summed E-state index contributed by atoms with van der Waals surface area (Å²) in [6, 6.07) is 0.291. The van der Waals surface area contributed by atoms with Gasteiger partial charge in [0, 0.05) is 44.9 Å². The molecule has 2 N–H and O–H groups in total. The minimum atomic E-state index is -0.836. The van der Waals surface area contributed by atoms with Crippen molar-refractivity contribution in [1.29, 1.82) is 0 Å². The van der Waals surface area contributed by atoms with Crippen LogP contribution in [0.4, 0.5) is 0 Å². The average Bonchev–Trinajstić information content (AvgIpc) is 3.11. The van der Waals surface area contributed by atoms with Crippen molar-refractivity contribution in [3.63, 3.8) is 0 Å². The van der Waals surface area contributed by atoms with Gasteiger partial charge in [0.25, 0.3) is 0 Å². The van der Waals surface area contributed by atoms with Gasteiger partial charge in [-0.25, -0.2) is 0 Å². The average molecular weight is 319 g/mol. The zero-order valence-corrected chi connectivity index (χ0v) is 13.7. The molecule has 124 valence electrons. The van der Waals surface area contributed by atoms with Crippen molar-refractivity contribution in [2.45, 2.75) is 24.7 Å². The number of ketones is 2. The molecular weight excluding hydrogens is 298 g/mol. The van der Waals surface area contributed by atoms with Crippen LogP contribution in [0.5, 0.6) is 0 Å². The number of nitrogens with zero attached hydrogens (tertiary/aromatic N) is 2. The summed E-state index contributed by atoms with van der Waals surface area (Å²) in [6.07, 6.45) is 0. The molecule has 2 saturated heterocycles. The number of allylic oxidation sites excluding steroid dienone is 2. The number of ether oxygens (including phenoxy) is 1. The van der Waals surface area contributed by atoms with Crippen LogP contribution in [0.25, 0.3) is 0 Å². The fraction of sp³-hybridized carbons (Fsp3) is 0.625. The number of piperazine rings is 1. The van der Waals surface area contributed by atoms with Crippen molar-refractivity contribution >= 4 is 11.6 Å². The zero-order chi connectivity index (χ0) is 16.7. The van der Waals surface area contributed by atoms with E-state index < -0.39 is 11.6 Å². The molecule has 0 aromatic carbocycles. The molecule has 0 aromatic rings. The summed E-state index contributed by atoms with van der Waals surface area (Å²) in [7, 11) is 5.09. The van der Waals surface area contributed by atoms with Crippen molar-refractivity contribution in [3.8, 4) is 0 Å². The van der Waals surface area contributed by atoms with E-state index in [2.05, 4.69) is 5.32 Å². The molecule has 2 fully saturated rings. The molecule has 4 rings (SSSR count). The SMILES string of the molecule is COC12C(CO)C3=C(C(=O)C(C)=C(N(C)C)C3=O)N1CC1NC12. The molecule has 0 amide bonds. The number of hydrogen-bond donors (Lipinski definition) is 2. The van der Waals surface area contributed by atoms with Gasteiger partial charge in [-0.1, -0.05) is 0 Å². The second-order valence-corrected chi connectivity index (χ2v) is 6.84. The summed E-state index contributed by atoms with van der Waals surface area (Å²) in [6.45, 7) is 2.08. The quantitative estimate of drug-likeness (QED) is 0.501. The summed E-state index contributed by atoms with van der Waals surface area (Å²) >= 11 is 0. The molecule has 4 atom stereocenters. The van der Waals surface area contributed by atoms with Gasteiger partial charge in [0.15, 0.2) is 5.72 Å². The van der Waals surface area contributed by atoms with Crippen LogP contribution in [0.2, 0.25) is 0 Å². The van der Waals surface area contributed by atoms with E-state index in [0.717, 1.165) is 0 Å². The van der Waals surface area contributed by atoms with E-state index >= 15 is 0 Å².